The van der Waals surface area contributed by atoms with Crippen LogP contribution in [0.4, 0.5) is 10.2 Å². The second kappa shape index (κ2) is 5.44. The SMILES string of the molecule is Nc1n[nH]c(C2CCCCC2)c1-c1cccc(Cl)c1F. The van der Waals surface area contributed by atoms with Crippen molar-refractivity contribution >= 4 is 17.4 Å². The van der Waals surface area contributed by atoms with Crippen LogP contribution in [0.15, 0.2) is 18.2 Å². The van der Waals surface area contributed by atoms with Gasteiger partial charge in [-0.15, -0.1) is 0 Å². The van der Waals surface area contributed by atoms with Crippen molar-refractivity contribution in [2.75, 3.05) is 5.73 Å². The summed E-state index contributed by atoms with van der Waals surface area (Å²) in [4.78, 5) is 0. The van der Waals surface area contributed by atoms with Gasteiger partial charge in [-0.2, -0.15) is 5.10 Å². The first kappa shape index (κ1) is 13.4. The Balaban J connectivity index is 2.09. The molecular weight excluding hydrogens is 277 g/mol. The molecule has 0 spiro atoms. The maximum absolute atomic E-state index is 14.3. The number of hydrogen-bond donors (Lipinski definition) is 2. The van der Waals surface area contributed by atoms with Crippen LogP contribution in [0.3, 0.4) is 0 Å². The van der Waals surface area contributed by atoms with E-state index >= 15 is 0 Å². The molecule has 2 aromatic rings. The number of halogens is 2. The van der Waals surface area contributed by atoms with E-state index in [1.54, 1.807) is 12.1 Å². The fourth-order valence-electron chi connectivity index (χ4n) is 3.04. The number of nitrogen functional groups attached to an aromatic ring is 1. The van der Waals surface area contributed by atoms with Crippen LogP contribution in [-0.4, -0.2) is 10.2 Å². The molecule has 1 heterocycles. The molecule has 0 aliphatic heterocycles. The summed E-state index contributed by atoms with van der Waals surface area (Å²) in [6.07, 6.45) is 5.84. The summed E-state index contributed by atoms with van der Waals surface area (Å²) in [6, 6.07) is 4.98. The first-order valence-corrected chi connectivity index (χ1v) is 7.34. The van der Waals surface area contributed by atoms with Crippen molar-refractivity contribution in [1.29, 1.82) is 0 Å². The van der Waals surface area contributed by atoms with Gasteiger partial charge in [0.25, 0.3) is 0 Å². The molecule has 1 aromatic carbocycles. The third-order valence-corrected chi connectivity index (χ3v) is 4.35. The molecule has 0 amide bonds. The Morgan fingerprint density at radius 3 is 2.75 bits per heavy atom. The minimum absolute atomic E-state index is 0.109. The molecule has 1 aliphatic rings. The number of aromatic amines is 1. The summed E-state index contributed by atoms with van der Waals surface area (Å²) in [6.45, 7) is 0. The van der Waals surface area contributed by atoms with E-state index in [0.717, 1.165) is 18.5 Å². The van der Waals surface area contributed by atoms with Crippen LogP contribution in [0, 0.1) is 5.82 Å². The summed E-state index contributed by atoms with van der Waals surface area (Å²) < 4.78 is 14.3. The number of benzene rings is 1. The highest BCUT2D eigenvalue weighted by Gasteiger charge is 2.25. The van der Waals surface area contributed by atoms with Crippen molar-refractivity contribution in [2.24, 2.45) is 0 Å². The Hall–Kier alpha value is -1.55. The van der Waals surface area contributed by atoms with E-state index in [9.17, 15) is 4.39 Å². The van der Waals surface area contributed by atoms with Gasteiger partial charge < -0.3 is 5.73 Å². The molecule has 0 bridgehead atoms. The second-order valence-corrected chi connectivity index (χ2v) is 5.74. The Labute approximate surface area is 122 Å². The van der Waals surface area contributed by atoms with Crippen molar-refractivity contribution in [3.63, 3.8) is 0 Å². The number of nitrogens with one attached hydrogen (secondary N) is 1. The van der Waals surface area contributed by atoms with Crippen molar-refractivity contribution in [3.05, 3.63) is 34.7 Å². The van der Waals surface area contributed by atoms with Gasteiger partial charge in [-0.1, -0.05) is 43.0 Å². The standard InChI is InChI=1S/C15H17ClFN3/c16-11-8-4-7-10(13(11)17)12-14(19-20-15(12)18)9-5-2-1-3-6-9/h4,7-9H,1-3,5-6H2,(H3,18,19,20). The van der Waals surface area contributed by atoms with Gasteiger partial charge in [0.05, 0.1) is 5.02 Å². The van der Waals surface area contributed by atoms with E-state index in [1.807, 2.05) is 0 Å². The van der Waals surface area contributed by atoms with Gasteiger partial charge in [-0.05, 0) is 18.9 Å². The molecule has 0 radical (unpaired) electrons. The molecule has 1 aromatic heterocycles. The van der Waals surface area contributed by atoms with Crippen LogP contribution in [-0.2, 0) is 0 Å². The zero-order chi connectivity index (χ0) is 14.1. The van der Waals surface area contributed by atoms with Crippen molar-refractivity contribution in [2.45, 2.75) is 38.0 Å². The molecule has 1 saturated carbocycles. The third kappa shape index (κ3) is 2.29. The summed E-state index contributed by atoms with van der Waals surface area (Å²) in [5.74, 6) is 0.285. The predicted molar refractivity (Wildman–Crippen MR) is 79.2 cm³/mol. The monoisotopic (exact) mass is 293 g/mol. The molecule has 3 N–H and O–H groups in total. The topological polar surface area (TPSA) is 54.7 Å². The average molecular weight is 294 g/mol. The van der Waals surface area contributed by atoms with E-state index in [2.05, 4.69) is 10.2 Å². The summed E-state index contributed by atoms with van der Waals surface area (Å²) in [7, 11) is 0. The number of hydrogen-bond acceptors (Lipinski definition) is 2. The highest BCUT2D eigenvalue weighted by molar-refractivity contribution is 6.31. The van der Waals surface area contributed by atoms with Gasteiger partial charge in [-0.25, -0.2) is 4.39 Å². The minimum atomic E-state index is -0.431. The van der Waals surface area contributed by atoms with Gasteiger partial charge in [-0.3, -0.25) is 5.10 Å². The lowest BCUT2D eigenvalue weighted by molar-refractivity contribution is 0.437. The van der Waals surface area contributed by atoms with E-state index in [4.69, 9.17) is 17.3 Å². The molecule has 1 fully saturated rings. The van der Waals surface area contributed by atoms with Crippen LogP contribution in [0.1, 0.15) is 43.7 Å². The molecule has 0 saturated heterocycles. The third-order valence-electron chi connectivity index (χ3n) is 4.06. The van der Waals surface area contributed by atoms with Crippen LogP contribution >= 0.6 is 11.6 Å². The maximum atomic E-state index is 14.3. The Kier molecular flexibility index (Phi) is 3.66. The van der Waals surface area contributed by atoms with Gasteiger partial charge in [0, 0.05) is 22.7 Å². The summed E-state index contributed by atoms with van der Waals surface area (Å²) in [5, 5.41) is 7.20. The smallest absolute Gasteiger partial charge is 0.153 e. The highest BCUT2D eigenvalue weighted by Crippen LogP contribution is 2.40. The molecule has 0 atom stereocenters. The summed E-state index contributed by atoms with van der Waals surface area (Å²) in [5.41, 5.74) is 8.01. The fraction of sp³-hybridized carbons (Fsp3) is 0.400. The number of nitrogens with zero attached hydrogens (tertiary/aromatic N) is 1. The minimum Gasteiger partial charge on any atom is -0.382 e. The molecule has 3 rings (SSSR count). The van der Waals surface area contributed by atoms with Gasteiger partial charge in [0.1, 0.15) is 5.82 Å². The number of aromatic nitrogens is 2. The quantitative estimate of drug-likeness (QED) is 0.856. The van der Waals surface area contributed by atoms with E-state index in [-0.39, 0.29) is 5.02 Å². The van der Waals surface area contributed by atoms with Gasteiger partial charge in [0.15, 0.2) is 5.82 Å². The van der Waals surface area contributed by atoms with E-state index in [1.165, 1.54) is 25.3 Å². The Morgan fingerprint density at radius 1 is 1.25 bits per heavy atom. The molecule has 106 valence electrons. The van der Waals surface area contributed by atoms with Crippen molar-refractivity contribution < 1.29 is 4.39 Å². The molecule has 0 unspecified atom stereocenters. The van der Waals surface area contributed by atoms with E-state index in [0.29, 0.717) is 22.9 Å². The maximum Gasteiger partial charge on any atom is 0.153 e. The van der Waals surface area contributed by atoms with Crippen LogP contribution in [0.5, 0.6) is 0 Å². The lowest BCUT2D eigenvalue weighted by Gasteiger charge is -2.21. The molecule has 3 nitrogen and oxygen atoms in total. The predicted octanol–water partition coefficient (Wildman–Crippen LogP) is 4.50. The first-order chi connectivity index (χ1) is 9.68. The van der Waals surface area contributed by atoms with Crippen molar-refractivity contribution in [1.82, 2.24) is 10.2 Å². The average Bonchev–Trinajstić information content (AvgIpc) is 2.85. The Bertz CT molecular complexity index is 618. The number of anilines is 1. The number of H-pyrrole nitrogens is 1. The molecule has 20 heavy (non-hydrogen) atoms. The number of rotatable bonds is 2. The lowest BCUT2D eigenvalue weighted by atomic mass is 9.84. The second-order valence-electron chi connectivity index (χ2n) is 5.33. The molecular formula is C15H17ClFN3. The Morgan fingerprint density at radius 2 is 2.00 bits per heavy atom. The van der Waals surface area contributed by atoms with E-state index < -0.39 is 5.82 Å². The highest BCUT2D eigenvalue weighted by atomic mass is 35.5. The van der Waals surface area contributed by atoms with Crippen LogP contribution in [0.2, 0.25) is 5.02 Å². The first-order valence-electron chi connectivity index (χ1n) is 6.96. The molecule has 1 aliphatic carbocycles. The summed E-state index contributed by atoms with van der Waals surface area (Å²) >= 11 is 5.87. The zero-order valence-electron chi connectivity index (χ0n) is 11.1. The zero-order valence-corrected chi connectivity index (χ0v) is 11.9. The van der Waals surface area contributed by atoms with Crippen LogP contribution < -0.4 is 5.73 Å². The largest absolute Gasteiger partial charge is 0.382 e. The normalized spacial score (nSPS) is 16.5. The molecule has 5 heteroatoms. The van der Waals surface area contributed by atoms with Crippen LogP contribution in [0.25, 0.3) is 11.1 Å². The van der Waals surface area contributed by atoms with Gasteiger partial charge >= 0.3 is 0 Å². The number of nitrogens with two attached hydrogens (primary N) is 1. The fourth-order valence-corrected chi connectivity index (χ4v) is 3.21. The van der Waals surface area contributed by atoms with Crippen molar-refractivity contribution in [3.8, 4) is 11.1 Å². The lowest BCUT2D eigenvalue weighted by Crippen LogP contribution is -2.06. The van der Waals surface area contributed by atoms with Gasteiger partial charge in [0.2, 0.25) is 0 Å².